The van der Waals surface area contributed by atoms with Crippen LogP contribution in [0, 0.1) is 0 Å². The van der Waals surface area contributed by atoms with Crippen LogP contribution in [0.3, 0.4) is 0 Å². The van der Waals surface area contributed by atoms with Crippen molar-refractivity contribution in [1.82, 2.24) is 8.87 Å². The van der Waals surface area contributed by atoms with Gasteiger partial charge in [-0.1, -0.05) is 24.3 Å². The summed E-state index contributed by atoms with van der Waals surface area (Å²) < 4.78 is 40.4. The van der Waals surface area contributed by atoms with E-state index in [4.69, 9.17) is 9.47 Å². The number of carbonyl (C=O) groups excluding carboxylic acids is 2. The molecule has 5 rings (SSSR count). The van der Waals surface area contributed by atoms with E-state index in [1.54, 1.807) is 42.5 Å². The SMILES string of the molecule is COC(=O)[C@]1(c2cc3ccccc3n2S(=O)(=O)c2ccc(OC)cc2)CCC=C2CCC(=O)N(CCO)[C@@H]21. The molecule has 1 fully saturated rings. The van der Waals surface area contributed by atoms with Crippen LogP contribution in [0.25, 0.3) is 10.9 Å². The Morgan fingerprint density at radius 3 is 2.53 bits per heavy atom. The number of fused-ring (bicyclic) bond motifs is 2. The zero-order valence-corrected chi connectivity index (χ0v) is 22.1. The molecular weight excluding hydrogens is 508 g/mol. The van der Waals surface area contributed by atoms with Crippen molar-refractivity contribution in [3.05, 3.63) is 71.9 Å². The van der Waals surface area contributed by atoms with Crippen molar-refractivity contribution in [2.75, 3.05) is 27.4 Å². The lowest BCUT2D eigenvalue weighted by Crippen LogP contribution is -2.62. The van der Waals surface area contributed by atoms with Crippen LogP contribution in [-0.2, 0) is 29.8 Å². The minimum atomic E-state index is -4.21. The van der Waals surface area contributed by atoms with Crippen LogP contribution in [0.1, 0.15) is 31.4 Å². The number of hydrogen-bond donors (Lipinski definition) is 1. The number of benzene rings is 2. The molecule has 1 amide bonds. The average molecular weight is 539 g/mol. The normalized spacial score (nSPS) is 21.7. The van der Waals surface area contributed by atoms with Gasteiger partial charge in [0.1, 0.15) is 11.2 Å². The van der Waals surface area contributed by atoms with Crippen LogP contribution in [0.2, 0.25) is 0 Å². The second kappa shape index (κ2) is 9.92. The molecule has 38 heavy (non-hydrogen) atoms. The van der Waals surface area contributed by atoms with Gasteiger partial charge in [0.2, 0.25) is 5.91 Å². The van der Waals surface area contributed by atoms with Crippen LogP contribution in [-0.4, -0.2) is 67.7 Å². The topological polar surface area (TPSA) is 115 Å². The zero-order valence-electron chi connectivity index (χ0n) is 21.3. The van der Waals surface area contributed by atoms with E-state index >= 15 is 0 Å². The van der Waals surface area contributed by atoms with Gasteiger partial charge in [0, 0.05) is 18.4 Å². The lowest BCUT2D eigenvalue weighted by molar-refractivity contribution is -0.154. The van der Waals surface area contributed by atoms with Crippen LogP contribution in [0.15, 0.2) is 71.1 Å². The summed E-state index contributed by atoms with van der Waals surface area (Å²) in [7, 11) is -1.44. The second-order valence-electron chi connectivity index (χ2n) is 9.53. The Labute approximate surface area is 221 Å². The molecule has 1 aliphatic heterocycles. The molecule has 2 heterocycles. The fraction of sp³-hybridized carbons (Fsp3) is 0.357. The minimum absolute atomic E-state index is 0.0189. The Morgan fingerprint density at radius 1 is 1.11 bits per heavy atom. The number of carbonyl (C=O) groups is 2. The number of piperidine rings is 1. The van der Waals surface area contributed by atoms with E-state index < -0.39 is 27.4 Å². The first kappa shape index (κ1) is 26.0. The number of β-amino-alcohol motifs (C(OH)–C–C–N with tert-alkyl or cyclic N) is 1. The molecule has 200 valence electrons. The fourth-order valence-electron chi connectivity index (χ4n) is 5.98. The lowest BCUT2D eigenvalue weighted by atomic mass is 9.65. The quantitative estimate of drug-likeness (QED) is 0.363. The number of aromatic nitrogens is 1. The largest absolute Gasteiger partial charge is 0.497 e. The Kier molecular flexibility index (Phi) is 6.79. The van der Waals surface area contributed by atoms with Gasteiger partial charge >= 0.3 is 5.97 Å². The van der Waals surface area contributed by atoms with Gasteiger partial charge in [0.15, 0.2) is 0 Å². The number of nitrogens with zero attached hydrogens (tertiary/aromatic N) is 2. The molecule has 0 saturated carbocycles. The number of likely N-dealkylation sites (tertiary alicyclic amines) is 1. The number of rotatable bonds is 7. The van der Waals surface area contributed by atoms with Gasteiger partial charge in [-0.05, 0) is 61.2 Å². The molecule has 9 nitrogen and oxygen atoms in total. The minimum Gasteiger partial charge on any atom is -0.497 e. The van der Waals surface area contributed by atoms with E-state index in [-0.39, 0.29) is 42.5 Å². The number of hydrogen-bond acceptors (Lipinski definition) is 7. The summed E-state index contributed by atoms with van der Waals surface area (Å²) in [5.74, 6) is -0.313. The Bertz CT molecular complexity index is 1520. The zero-order chi connectivity index (χ0) is 27.1. The van der Waals surface area contributed by atoms with Crippen LogP contribution < -0.4 is 4.74 Å². The number of ether oxygens (including phenoxy) is 2. The molecule has 1 aliphatic carbocycles. The van der Waals surface area contributed by atoms with Crippen molar-refractivity contribution < 1.29 is 32.6 Å². The van der Waals surface area contributed by atoms with Gasteiger partial charge in [0.05, 0.1) is 43.0 Å². The number of amides is 1. The summed E-state index contributed by atoms with van der Waals surface area (Å²) in [6, 6.07) is 14.0. The number of methoxy groups -OCH3 is 2. The highest BCUT2D eigenvalue weighted by Gasteiger charge is 2.57. The van der Waals surface area contributed by atoms with Crippen molar-refractivity contribution in [3.8, 4) is 5.75 Å². The van der Waals surface area contributed by atoms with Gasteiger partial charge < -0.3 is 19.5 Å². The number of para-hydroxylation sites is 1. The number of esters is 1. The molecule has 1 N–H and O–H groups in total. The van der Waals surface area contributed by atoms with Crippen molar-refractivity contribution in [2.24, 2.45) is 0 Å². The second-order valence-corrected chi connectivity index (χ2v) is 11.3. The van der Waals surface area contributed by atoms with E-state index in [9.17, 15) is 23.1 Å². The maximum atomic E-state index is 14.3. The van der Waals surface area contributed by atoms with Crippen molar-refractivity contribution in [2.45, 2.75) is 42.0 Å². The maximum Gasteiger partial charge on any atom is 0.320 e. The molecule has 1 saturated heterocycles. The molecule has 2 atom stereocenters. The van der Waals surface area contributed by atoms with Gasteiger partial charge in [-0.2, -0.15) is 0 Å². The smallest absolute Gasteiger partial charge is 0.320 e. The van der Waals surface area contributed by atoms with Crippen molar-refractivity contribution in [3.63, 3.8) is 0 Å². The van der Waals surface area contributed by atoms with Gasteiger partial charge in [-0.3, -0.25) is 9.59 Å². The maximum absolute atomic E-state index is 14.3. The summed E-state index contributed by atoms with van der Waals surface area (Å²) in [5, 5.41) is 10.4. The molecular formula is C28H30N2O7S. The average Bonchev–Trinajstić information content (AvgIpc) is 3.34. The number of aliphatic hydroxyl groups excluding tert-OH is 1. The molecule has 10 heteroatoms. The number of allylic oxidation sites excluding steroid dienone is 1. The lowest BCUT2D eigenvalue weighted by Gasteiger charge is -2.49. The summed E-state index contributed by atoms with van der Waals surface area (Å²) >= 11 is 0. The summed E-state index contributed by atoms with van der Waals surface area (Å²) in [4.78, 5) is 28.5. The Balaban J connectivity index is 1.83. The first-order valence-corrected chi connectivity index (χ1v) is 13.9. The number of aliphatic hydroxyl groups is 1. The van der Waals surface area contributed by atoms with Crippen LogP contribution in [0.5, 0.6) is 5.75 Å². The van der Waals surface area contributed by atoms with E-state index in [1.807, 2.05) is 6.08 Å². The summed E-state index contributed by atoms with van der Waals surface area (Å²) in [6.07, 6.45) is 3.47. The molecule has 0 spiro atoms. The van der Waals surface area contributed by atoms with Gasteiger partial charge in [-0.25, -0.2) is 12.4 Å². The third-order valence-electron chi connectivity index (χ3n) is 7.63. The van der Waals surface area contributed by atoms with Crippen molar-refractivity contribution in [1.29, 1.82) is 0 Å². The Morgan fingerprint density at radius 2 is 1.84 bits per heavy atom. The molecule has 2 aromatic carbocycles. The first-order chi connectivity index (χ1) is 18.3. The first-order valence-electron chi connectivity index (χ1n) is 12.5. The molecule has 3 aromatic rings. The predicted molar refractivity (Wildman–Crippen MR) is 140 cm³/mol. The van der Waals surface area contributed by atoms with Crippen LogP contribution >= 0.6 is 0 Å². The highest BCUT2D eigenvalue weighted by atomic mass is 32.2. The molecule has 2 aliphatic rings. The third kappa shape index (κ3) is 3.90. The fourth-order valence-corrected chi connectivity index (χ4v) is 7.57. The summed E-state index contributed by atoms with van der Waals surface area (Å²) in [5.41, 5.74) is -0.000615. The molecule has 0 unspecified atom stereocenters. The van der Waals surface area contributed by atoms with E-state index in [1.165, 1.54) is 35.2 Å². The monoisotopic (exact) mass is 538 g/mol. The van der Waals surface area contributed by atoms with E-state index in [0.29, 0.717) is 29.5 Å². The van der Waals surface area contributed by atoms with E-state index in [0.717, 1.165) is 5.57 Å². The van der Waals surface area contributed by atoms with Crippen molar-refractivity contribution >= 4 is 32.8 Å². The van der Waals surface area contributed by atoms with Crippen LogP contribution in [0.4, 0.5) is 0 Å². The highest BCUT2D eigenvalue weighted by molar-refractivity contribution is 7.90. The molecule has 1 aromatic heterocycles. The summed E-state index contributed by atoms with van der Waals surface area (Å²) in [6.45, 7) is -0.273. The predicted octanol–water partition coefficient (Wildman–Crippen LogP) is 3.00. The Hall–Kier alpha value is -3.63. The third-order valence-corrected chi connectivity index (χ3v) is 9.38. The highest BCUT2D eigenvalue weighted by Crippen LogP contribution is 2.48. The standard InChI is InChI=1S/C28H30N2O7S/c1-36-21-10-12-22(13-11-21)38(34,35)30-23-8-4-3-6-20(23)18-24(30)28(27(33)37-2)15-5-7-19-9-14-25(32)29(16-17-31)26(19)28/h3-4,6-8,10-13,18,26,31H,5,9,14-17H2,1-2H3/t26-,28-/m0/s1. The molecule has 0 radical (unpaired) electrons. The van der Waals surface area contributed by atoms with Gasteiger partial charge in [-0.15, -0.1) is 0 Å². The van der Waals surface area contributed by atoms with E-state index in [2.05, 4.69) is 0 Å². The van der Waals surface area contributed by atoms with Gasteiger partial charge in [0.25, 0.3) is 10.0 Å². The molecule has 0 bridgehead atoms.